The third-order valence-corrected chi connectivity index (χ3v) is 7.09. The zero-order valence-electron chi connectivity index (χ0n) is 22.1. The first-order valence-electron chi connectivity index (χ1n) is 13.0. The standard InChI is InChI=1S/C30H31F2N5O3/c1-18-4-3-5-20(31)11-13-40-28-16-21(32)7-8-22(28)23(18)14-19-6-9-25-24(15-19)34-30(35-29(33)39)37(25)26-10-12-36(2)17-27(26)38/h3-9,14-16,26-27,38H,1,10-13,17H2,2H3,(H3,33,34,35,39)/b4-3-,20-5+,23-14+/t26-,27-/m0/s1. The van der Waals surface area contributed by atoms with Crippen LogP contribution in [-0.2, 0) is 0 Å². The molecule has 2 aliphatic rings. The van der Waals surface area contributed by atoms with Crippen molar-refractivity contribution in [2.45, 2.75) is 25.0 Å². The Morgan fingerprint density at radius 2 is 2.10 bits per heavy atom. The number of primary amides is 1. The van der Waals surface area contributed by atoms with Crippen LogP contribution in [0.1, 0.15) is 30.0 Å². The van der Waals surface area contributed by atoms with E-state index in [0.29, 0.717) is 35.2 Å². The second-order valence-electron chi connectivity index (χ2n) is 10.0. The van der Waals surface area contributed by atoms with Gasteiger partial charge >= 0.3 is 6.03 Å². The maximum absolute atomic E-state index is 14.1. The Kier molecular flexibility index (Phi) is 7.81. The average Bonchev–Trinajstić information content (AvgIpc) is 3.22. The Hall–Kier alpha value is -4.28. The van der Waals surface area contributed by atoms with Crippen LogP contribution in [0.25, 0.3) is 22.7 Å². The lowest BCUT2D eigenvalue weighted by atomic mass is 9.95. The Balaban J connectivity index is 1.62. The number of aliphatic hydroxyl groups excluding tert-OH is 1. The summed E-state index contributed by atoms with van der Waals surface area (Å²) >= 11 is 0. The number of likely N-dealkylation sites (tertiary alicyclic amines) is 1. The van der Waals surface area contributed by atoms with Crippen molar-refractivity contribution < 1.29 is 23.4 Å². The van der Waals surface area contributed by atoms with Gasteiger partial charge in [-0.15, -0.1) is 0 Å². The Morgan fingerprint density at radius 3 is 2.88 bits per heavy atom. The van der Waals surface area contributed by atoms with Gasteiger partial charge in [-0.2, -0.15) is 0 Å². The van der Waals surface area contributed by atoms with E-state index in [1.165, 1.54) is 18.2 Å². The molecule has 8 nitrogen and oxygen atoms in total. The molecular weight excluding hydrogens is 516 g/mol. The highest BCUT2D eigenvalue weighted by molar-refractivity contribution is 5.96. The lowest BCUT2D eigenvalue weighted by molar-refractivity contribution is 0.0403. The molecule has 208 valence electrons. The number of amides is 2. The topological polar surface area (TPSA) is 106 Å². The van der Waals surface area contributed by atoms with Crippen molar-refractivity contribution in [1.82, 2.24) is 14.5 Å². The molecule has 2 aliphatic heterocycles. The van der Waals surface area contributed by atoms with E-state index >= 15 is 0 Å². The summed E-state index contributed by atoms with van der Waals surface area (Å²) in [5, 5.41) is 13.4. The molecule has 2 atom stereocenters. The van der Waals surface area contributed by atoms with E-state index in [2.05, 4.69) is 16.9 Å². The average molecular weight is 548 g/mol. The van der Waals surface area contributed by atoms with Crippen LogP contribution in [0.15, 0.2) is 72.6 Å². The van der Waals surface area contributed by atoms with Crippen molar-refractivity contribution >= 4 is 34.7 Å². The third-order valence-electron chi connectivity index (χ3n) is 7.09. The maximum Gasteiger partial charge on any atom is 0.318 e. The number of urea groups is 1. The number of hydrogen-bond donors (Lipinski definition) is 3. The number of halogens is 2. The molecule has 0 aliphatic carbocycles. The highest BCUT2D eigenvalue weighted by atomic mass is 19.1. The number of anilines is 1. The predicted octanol–water partition coefficient (Wildman–Crippen LogP) is 5.19. The number of nitrogens with zero attached hydrogens (tertiary/aromatic N) is 3. The highest BCUT2D eigenvalue weighted by Crippen LogP contribution is 2.36. The smallest absolute Gasteiger partial charge is 0.318 e. The molecule has 1 aromatic heterocycles. The number of aliphatic hydroxyl groups is 1. The summed E-state index contributed by atoms with van der Waals surface area (Å²) in [6, 6.07) is 8.77. The summed E-state index contributed by atoms with van der Waals surface area (Å²) in [4.78, 5) is 18.5. The monoisotopic (exact) mass is 547 g/mol. The fourth-order valence-electron chi connectivity index (χ4n) is 5.17. The van der Waals surface area contributed by atoms with Gasteiger partial charge in [0, 0.05) is 31.1 Å². The molecule has 1 fully saturated rings. The van der Waals surface area contributed by atoms with Crippen LogP contribution in [0.4, 0.5) is 19.5 Å². The van der Waals surface area contributed by atoms with Gasteiger partial charge < -0.3 is 25.0 Å². The lowest BCUT2D eigenvalue weighted by Gasteiger charge is -2.35. The fourth-order valence-corrected chi connectivity index (χ4v) is 5.17. The first-order chi connectivity index (χ1) is 19.2. The SMILES string of the molecule is C=C1/C=C\C=C(\F)CCOc2cc(F)ccc2/C1=C/c1ccc2c(c1)nc(NC(N)=O)n2[C@H]1CCN(C)C[C@@H]1O. The molecule has 10 heteroatoms. The normalized spacial score (nSPS) is 23.6. The number of likely N-dealkylation sites (N-methyl/N-ethyl adjacent to an activating group) is 1. The molecule has 0 spiro atoms. The zero-order chi connectivity index (χ0) is 28.4. The quantitative estimate of drug-likeness (QED) is 0.419. The van der Waals surface area contributed by atoms with E-state index in [1.54, 1.807) is 18.2 Å². The van der Waals surface area contributed by atoms with Crippen LogP contribution in [0.2, 0.25) is 0 Å². The van der Waals surface area contributed by atoms with Crippen LogP contribution in [0, 0.1) is 5.82 Å². The number of carbonyl (C=O) groups is 1. The second kappa shape index (κ2) is 11.4. The Labute approximate surface area is 230 Å². The van der Waals surface area contributed by atoms with E-state index in [9.17, 15) is 18.7 Å². The van der Waals surface area contributed by atoms with Crippen LogP contribution in [0.5, 0.6) is 5.75 Å². The third kappa shape index (κ3) is 5.83. The van der Waals surface area contributed by atoms with Crippen molar-refractivity contribution in [3.05, 3.63) is 89.5 Å². The maximum atomic E-state index is 14.1. The number of imidazole rings is 1. The number of allylic oxidation sites excluding steroid dienone is 5. The number of nitrogens with one attached hydrogen (secondary N) is 1. The Morgan fingerprint density at radius 1 is 1.27 bits per heavy atom. The van der Waals surface area contributed by atoms with Gasteiger partial charge in [0.1, 0.15) is 17.4 Å². The summed E-state index contributed by atoms with van der Waals surface area (Å²) in [7, 11) is 1.95. The first-order valence-corrected chi connectivity index (χ1v) is 13.0. The molecule has 0 bridgehead atoms. The number of aromatic nitrogens is 2. The highest BCUT2D eigenvalue weighted by Gasteiger charge is 2.31. The minimum atomic E-state index is -0.754. The minimum Gasteiger partial charge on any atom is -0.492 e. The molecule has 3 aromatic rings. The number of β-amino-alcohol motifs (C(OH)–C–C–N with tert-alkyl or cyclic N) is 1. The first kappa shape index (κ1) is 27.3. The van der Waals surface area contributed by atoms with E-state index in [0.717, 1.165) is 17.6 Å². The van der Waals surface area contributed by atoms with Crippen molar-refractivity contribution in [1.29, 1.82) is 0 Å². The van der Waals surface area contributed by atoms with Crippen LogP contribution < -0.4 is 15.8 Å². The molecule has 1 saturated heterocycles. The molecule has 0 unspecified atom stereocenters. The molecule has 2 amide bonds. The molecule has 5 rings (SSSR count). The van der Waals surface area contributed by atoms with Crippen molar-refractivity contribution in [2.24, 2.45) is 5.73 Å². The zero-order valence-corrected chi connectivity index (χ0v) is 22.1. The van der Waals surface area contributed by atoms with Gasteiger partial charge in [0.15, 0.2) is 0 Å². The number of carbonyl (C=O) groups excluding carboxylic acids is 1. The minimum absolute atomic E-state index is 0.0498. The van der Waals surface area contributed by atoms with Gasteiger partial charge in [-0.05, 0) is 66.6 Å². The van der Waals surface area contributed by atoms with Crippen LogP contribution in [0.3, 0.4) is 0 Å². The van der Waals surface area contributed by atoms with E-state index in [-0.39, 0.29) is 36.6 Å². The van der Waals surface area contributed by atoms with Gasteiger partial charge in [0.2, 0.25) is 5.95 Å². The molecular formula is C30H31F2N5O3. The van der Waals surface area contributed by atoms with Gasteiger partial charge in [0.05, 0.1) is 29.8 Å². The summed E-state index contributed by atoms with van der Waals surface area (Å²) in [6.07, 6.45) is 6.55. The van der Waals surface area contributed by atoms with Crippen molar-refractivity contribution in [3.63, 3.8) is 0 Å². The molecule has 0 radical (unpaired) electrons. The number of benzene rings is 2. The number of nitrogens with two attached hydrogens (primary N) is 1. The van der Waals surface area contributed by atoms with Crippen molar-refractivity contribution in [3.8, 4) is 5.75 Å². The molecule has 0 saturated carbocycles. The number of ether oxygens (including phenoxy) is 1. The van der Waals surface area contributed by atoms with E-state index < -0.39 is 18.0 Å². The van der Waals surface area contributed by atoms with Crippen LogP contribution in [-0.4, -0.2) is 58.4 Å². The van der Waals surface area contributed by atoms with Gasteiger partial charge in [0.25, 0.3) is 0 Å². The second-order valence-corrected chi connectivity index (χ2v) is 10.0. The molecule has 4 N–H and O–H groups in total. The van der Waals surface area contributed by atoms with Gasteiger partial charge in [-0.3, -0.25) is 5.32 Å². The van der Waals surface area contributed by atoms with E-state index in [1.807, 2.05) is 40.8 Å². The fraction of sp³-hybridized carbons (Fsp3) is 0.267. The van der Waals surface area contributed by atoms with E-state index in [4.69, 9.17) is 10.5 Å². The van der Waals surface area contributed by atoms with Gasteiger partial charge in [-0.1, -0.05) is 24.8 Å². The largest absolute Gasteiger partial charge is 0.492 e. The summed E-state index contributed by atoms with van der Waals surface area (Å²) in [6.45, 7) is 5.48. The lowest BCUT2D eigenvalue weighted by Crippen LogP contribution is -2.43. The van der Waals surface area contributed by atoms with Crippen LogP contribution >= 0.6 is 0 Å². The molecule has 2 aromatic carbocycles. The number of fused-ring (bicyclic) bond motifs is 2. The number of hydrogen-bond acceptors (Lipinski definition) is 5. The molecule has 3 heterocycles. The summed E-state index contributed by atoms with van der Waals surface area (Å²) < 4.78 is 35.8. The summed E-state index contributed by atoms with van der Waals surface area (Å²) in [5.41, 5.74) is 9.33. The number of piperidine rings is 1. The molecule has 40 heavy (non-hydrogen) atoms. The van der Waals surface area contributed by atoms with Crippen molar-refractivity contribution in [2.75, 3.05) is 32.1 Å². The Bertz CT molecular complexity index is 1560. The predicted molar refractivity (Wildman–Crippen MR) is 152 cm³/mol. The van der Waals surface area contributed by atoms with Gasteiger partial charge in [-0.25, -0.2) is 18.6 Å². The number of rotatable bonds is 3. The summed E-state index contributed by atoms with van der Waals surface area (Å²) in [5.74, 6) is -0.287.